The van der Waals surface area contributed by atoms with Gasteiger partial charge in [-0.25, -0.2) is 9.78 Å². The number of nitrogens with one attached hydrogen (secondary N) is 1. The lowest BCUT2D eigenvalue weighted by molar-refractivity contribution is 0.207. The number of rotatable bonds is 3. The van der Waals surface area contributed by atoms with E-state index in [0.717, 1.165) is 24.5 Å². The van der Waals surface area contributed by atoms with Gasteiger partial charge in [-0.3, -0.25) is 4.98 Å². The van der Waals surface area contributed by atoms with E-state index in [1.807, 2.05) is 28.8 Å². The molecule has 0 radical (unpaired) electrons. The molecule has 0 aliphatic carbocycles. The van der Waals surface area contributed by atoms with Crippen molar-refractivity contribution < 1.29 is 4.79 Å². The van der Waals surface area contributed by atoms with Crippen molar-refractivity contribution >= 4 is 17.6 Å². The van der Waals surface area contributed by atoms with Crippen LogP contribution in [0.5, 0.6) is 0 Å². The van der Waals surface area contributed by atoms with E-state index in [1.54, 1.807) is 18.5 Å². The highest BCUT2D eigenvalue weighted by atomic mass is 35.5. The molecule has 0 spiro atoms. The van der Waals surface area contributed by atoms with Crippen molar-refractivity contribution in [3.8, 4) is 0 Å². The Morgan fingerprint density at radius 2 is 2.32 bits per heavy atom. The number of likely N-dealkylation sites (tertiary alicyclic amines) is 1. The van der Waals surface area contributed by atoms with Crippen LogP contribution in [0.25, 0.3) is 0 Å². The summed E-state index contributed by atoms with van der Waals surface area (Å²) in [4.78, 5) is 22.6. The highest BCUT2D eigenvalue weighted by Gasteiger charge is 2.29. The number of pyridine rings is 1. The van der Waals surface area contributed by atoms with Crippen LogP contribution in [-0.4, -0.2) is 38.6 Å². The Balaban J connectivity index is 1.53. The predicted molar refractivity (Wildman–Crippen MR) is 83.6 cm³/mol. The van der Waals surface area contributed by atoms with E-state index < -0.39 is 0 Å². The number of carbonyl (C=O) groups excluding carboxylic acids is 1. The maximum absolute atomic E-state index is 12.2. The summed E-state index contributed by atoms with van der Waals surface area (Å²) >= 11 is 5.79. The third-order valence-electron chi connectivity index (χ3n) is 3.91. The first-order valence-corrected chi connectivity index (χ1v) is 7.61. The first-order chi connectivity index (χ1) is 10.6. The Bertz CT molecular complexity index is 654. The number of hydrogen-bond donors (Lipinski definition) is 1. The van der Waals surface area contributed by atoms with Crippen LogP contribution in [0.15, 0.2) is 30.7 Å². The molecule has 2 aromatic rings. The summed E-state index contributed by atoms with van der Waals surface area (Å²) in [5.41, 5.74) is 0.789. The molecule has 6 nitrogen and oxygen atoms in total. The quantitative estimate of drug-likeness (QED) is 0.943. The van der Waals surface area contributed by atoms with E-state index in [2.05, 4.69) is 15.3 Å². The molecule has 22 heavy (non-hydrogen) atoms. The Morgan fingerprint density at radius 3 is 3.00 bits per heavy atom. The maximum atomic E-state index is 12.2. The van der Waals surface area contributed by atoms with Crippen LogP contribution in [0.4, 0.5) is 4.79 Å². The standard InChI is InChI=1S/C15H18ClN5O/c1-20-7-5-17-14(20)11-4-6-21(10-11)15(22)19-9-13-3-2-12(16)8-18-13/h2-3,5,7-8,11H,4,6,9-10H2,1H3,(H,19,22). The van der Waals surface area contributed by atoms with Gasteiger partial charge in [0.2, 0.25) is 0 Å². The van der Waals surface area contributed by atoms with Gasteiger partial charge in [0.15, 0.2) is 0 Å². The highest BCUT2D eigenvalue weighted by molar-refractivity contribution is 6.30. The normalized spacial score (nSPS) is 17.7. The first kappa shape index (κ1) is 14.8. The fourth-order valence-corrected chi connectivity index (χ4v) is 2.83. The lowest BCUT2D eigenvalue weighted by atomic mass is 10.1. The van der Waals surface area contributed by atoms with Crippen LogP contribution in [0.2, 0.25) is 5.02 Å². The minimum absolute atomic E-state index is 0.0616. The van der Waals surface area contributed by atoms with Gasteiger partial charge >= 0.3 is 6.03 Å². The molecule has 1 aliphatic heterocycles. The van der Waals surface area contributed by atoms with Gasteiger partial charge in [0.25, 0.3) is 0 Å². The van der Waals surface area contributed by atoms with E-state index in [0.29, 0.717) is 24.0 Å². The number of amides is 2. The third kappa shape index (κ3) is 3.22. The summed E-state index contributed by atoms with van der Waals surface area (Å²) in [6, 6.07) is 3.51. The number of carbonyl (C=O) groups is 1. The van der Waals surface area contributed by atoms with E-state index in [1.165, 1.54) is 0 Å². The molecule has 0 aromatic carbocycles. The number of urea groups is 1. The Morgan fingerprint density at radius 1 is 1.45 bits per heavy atom. The van der Waals surface area contributed by atoms with Gasteiger partial charge < -0.3 is 14.8 Å². The van der Waals surface area contributed by atoms with Gasteiger partial charge in [0, 0.05) is 44.6 Å². The fraction of sp³-hybridized carbons (Fsp3) is 0.400. The molecule has 3 heterocycles. The monoisotopic (exact) mass is 319 g/mol. The smallest absolute Gasteiger partial charge is 0.317 e. The minimum Gasteiger partial charge on any atom is -0.338 e. The van der Waals surface area contributed by atoms with Crippen LogP contribution in [0, 0.1) is 0 Å². The second-order valence-electron chi connectivity index (χ2n) is 5.45. The SMILES string of the molecule is Cn1ccnc1C1CCN(C(=O)NCc2ccc(Cl)cn2)C1. The van der Waals surface area contributed by atoms with Gasteiger partial charge in [-0.15, -0.1) is 0 Å². The molecule has 1 saturated heterocycles. The maximum Gasteiger partial charge on any atom is 0.317 e. The molecule has 0 bridgehead atoms. The number of halogens is 1. The van der Waals surface area contributed by atoms with Crippen LogP contribution < -0.4 is 5.32 Å². The zero-order valence-corrected chi connectivity index (χ0v) is 13.1. The lowest BCUT2D eigenvalue weighted by Gasteiger charge is -2.17. The molecule has 1 fully saturated rings. The van der Waals surface area contributed by atoms with Gasteiger partial charge in [0.1, 0.15) is 5.82 Å². The van der Waals surface area contributed by atoms with Gasteiger partial charge in [0.05, 0.1) is 17.3 Å². The summed E-state index contributed by atoms with van der Waals surface area (Å²) in [5, 5.41) is 3.49. The molecule has 0 saturated carbocycles. The molecule has 7 heteroatoms. The van der Waals surface area contributed by atoms with Crippen LogP contribution in [0.1, 0.15) is 23.9 Å². The number of aryl methyl sites for hydroxylation is 1. The third-order valence-corrected chi connectivity index (χ3v) is 4.13. The zero-order chi connectivity index (χ0) is 15.5. The first-order valence-electron chi connectivity index (χ1n) is 7.24. The van der Waals surface area contributed by atoms with E-state index >= 15 is 0 Å². The Labute approximate surface area is 134 Å². The average Bonchev–Trinajstić information content (AvgIpc) is 3.15. The van der Waals surface area contributed by atoms with Crippen LogP contribution >= 0.6 is 11.6 Å². The topological polar surface area (TPSA) is 63.1 Å². The van der Waals surface area contributed by atoms with Crippen LogP contribution in [-0.2, 0) is 13.6 Å². The van der Waals surface area contributed by atoms with Crippen molar-refractivity contribution in [1.29, 1.82) is 0 Å². The molecule has 2 aromatic heterocycles. The number of nitrogens with zero attached hydrogens (tertiary/aromatic N) is 4. The summed E-state index contributed by atoms with van der Waals surface area (Å²) < 4.78 is 2.02. The summed E-state index contributed by atoms with van der Waals surface area (Å²) in [6.07, 6.45) is 6.25. The molecule has 1 N–H and O–H groups in total. The lowest BCUT2D eigenvalue weighted by Crippen LogP contribution is -2.38. The summed E-state index contributed by atoms with van der Waals surface area (Å²) in [7, 11) is 1.98. The molecule has 1 aliphatic rings. The second-order valence-corrected chi connectivity index (χ2v) is 5.89. The number of imidazole rings is 1. The zero-order valence-electron chi connectivity index (χ0n) is 12.4. The largest absolute Gasteiger partial charge is 0.338 e. The van der Waals surface area contributed by atoms with E-state index in [9.17, 15) is 4.79 Å². The highest BCUT2D eigenvalue weighted by Crippen LogP contribution is 2.25. The number of hydrogen-bond acceptors (Lipinski definition) is 3. The van der Waals surface area contributed by atoms with Crippen molar-refractivity contribution in [2.45, 2.75) is 18.9 Å². The van der Waals surface area contributed by atoms with Gasteiger partial charge in [-0.2, -0.15) is 0 Å². The van der Waals surface area contributed by atoms with Crippen molar-refractivity contribution in [2.75, 3.05) is 13.1 Å². The minimum atomic E-state index is -0.0616. The van der Waals surface area contributed by atoms with Crippen molar-refractivity contribution in [3.63, 3.8) is 0 Å². The van der Waals surface area contributed by atoms with E-state index in [-0.39, 0.29) is 6.03 Å². The number of aromatic nitrogens is 3. The average molecular weight is 320 g/mol. The molecule has 2 amide bonds. The molecule has 1 atom stereocenters. The summed E-state index contributed by atoms with van der Waals surface area (Å²) in [6.45, 7) is 1.85. The second kappa shape index (κ2) is 6.36. The van der Waals surface area contributed by atoms with Crippen molar-refractivity contribution in [3.05, 3.63) is 47.3 Å². The molecular formula is C15H18ClN5O. The molecular weight excluding hydrogens is 302 g/mol. The van der Waals surface area contributed by atoms with E-state index in [4.69, 9.17) is 11.6 Å². The van der Waals surface area contributed by atoms with Crippen molar-refractivity contribution in [2.24, 2.45) is 7.05 Å². The Kier molecular flexibility index (Phi) is 4.29. The summed E-state index contributed by atoms with van der Waals surface area (Å²) in [5.74, 6) is 1.34. The molecule has 116 valence electrons. The van der Waals surface area contributed by atoms with Crippen molar-refractivity contribution in [1.82, 2.24) is 24.8 Å². The van der Waals surface area contributed by atoms with Gasteiger partial charge in [-0.05, 0) is 18.6 Å². The fourth-order valence-electron chi connectivity index (χ4n) is 2.72. The van der Waals surface area contributed by atoms with Crippen LogP contribution in [0.3, 0.4) is 0 Å². The molecule has 3 rings (SSSR count). The van der Waals surface area contributed by atoms with Gasteiger partial charge in [-0.1, -0.05) is 11.6 Å². The molecule has 1 unspecified atom stereocenters. The predicted octanol–water partition coefficient (Wildman–Crippen LogP) is 2.17. The Hall–Kier alpha value is -2.08.